The van der Waals surface area contributed by atoms with E-state index in [0.717, 1.165) is 12.1 Å². The Morgan fingerprint density at radius 3 is 2.56 bits per heavy atom. The van der Waals surface area contributed by atoms with Crippen LogP contribution in [0.3, 0.4) is 0 Å². The molecular weight excluding hydrogens is 244 g/mol. The van der Waals surface area contributed by atoms with Crippen LogP contribution in [0.5, 0.6) is 0 Å². The molecule has 0 spiro atoms. The van der Waals surface area contributed by atoms with E-state index in [1.165, 1.54) is 11.3 Å². The molecule has 0 amide bonds. The molecule has 1 heterocycles. The smallest absolute Gasteiger partial charge is 0.234 e. The van der Waals surface area contributed by atoms with Crippen LogP contribution < -0.4 is 4.72 Å². The molecule has 0 saturated heterocycles. The highest BCUT2D eigenvalue weighted by Crippen LogP contribution is 2.24. The van der Waals surface area contributed by atoms with E-state index in [-0.39, 0.29) is 11.2 Å². The minimum absolute atomic E-state index is 0.0706. The Bertz CT molecular complexity index is 444. The van der Waals surface area contributed by atoms with E-state index in [0.29, 0.717) is 5.13 Å². The Morgan fingerprint density at radius 1 is 1.44 bits per heavy atom. The fourth-order valence-electron chi connectivity index (χ4n) is 1.18. The summed E-state index contributed by atoms with van der Waals surface area (Å²) in [5.74, 6) is 0.0706. The van der Waals surface area contributed by atoms with Gasteiger partial charge in [-0.2, -0.15) is 0 Å². The molecule has 4 nitrogen and oxygen atoms in total. The van der Waals surface area contributed by atoms with Crippen LogP contribution in [0.25, 0.3) is 0 Å². The molecule has 1 aromatic rings. The summed E-state index contributed by atoms with van der Waals surface area (Å²) in [6, 6.07) is 0. The number of thiazole rings is 1. The van der Waals surface area contributed by atoms with Gasteiger partial charge in [0, 0.05) is 5.38 Å². The number of rotatable bonds is 4. The first-order chi connectivity index (χ1) is 7.22. The number of hydrogen-bond donors (Lipinski definition) is 1. The first kappa shape index (κ1) is 13.4. The van der Waals surface area contributed by atoms with Crippen LogP contribution in [0.15, 0.2) is 5.38 Å². The van der Waals surface area contributed by atoms with Gasteiger partial charge >= 0.3 is 0 Å². The minimum Gasteiger partial charge on any atom is -0.259 e. The molecule has 0 radical (unpaired) electrons. The molecule has 0 aromatic carbocycles. The predicted molar refractivity (Wildman–Crippen MR) is 68.4 cm³/mol. The molecule has 0 aliphatic carbocycles. The van der Waals surface area contributed by atoms with Gasteiger partial charge in [0.05, 0.1) is 11.4 Å². The van der Waals surface area contributed by atoms with Gasteiger partial charge in [0.15, 0.2) is 5.13 Å². The maximum absolute atomic E-state index is 11.3. The maximum atomic E-state index is 11.3. The van der Waals surface area contributed by atoms with Crippen molar-refractivity contribution in [3.8, 4) is 0 Å². The molecule has 0 aliphatic heterocycles. The Kier molecular flexibility index (Phi) is 3.96. The van der Waals surface area contributed by atoms with Gasteiger partial charge in [0.2, 0.25) is 10.0 Å². The molecule has 0 aliphatic rings. The molecule has 16 heavy (non-hydrogen) atoms. The highest BCUT2D eigenvalue weighted by Gasteiger charge is 2.15. The number of nitrogens with one attached hydrogen (secondary N) is 1. The van der Waals surface area contributed by atoms with E-state index in [4.69, 9.17) is 0 Å². The molecule has 6 heteroatoms. The fourth-order valence-corrected chi connectivity index (χ4v) is 2.77. The summed E-state index contributed by atoms with van der Waals surface area (Å²) >= 11 is 1.33. The van der Waals surface area contributed by atoms with Crippen LogP contribution in [-0.4, -0.2) is 19.2 Å². The SMILES string of the molecule is CCS(=O)(=O)Nc1nc(CC(C)(C)C)cs1. The third-order valence-corrected chi connectivity index (χ3v) is 4.09. The summed E-state index contributed by atoms with van der Waals surface area (Å²) in [5.41, 5.74) is 1.10. The van der Waals surface area contributed by atoms with Gasteiger partial charge in [0.25, 0.3) is 0 Å². The zero-order valence-electron chi connectivity index (χ0n) is 10.1. The van der Waals surface area contributed by atoms with Gasteiger partial charge in [-0.25, -0.2) is 13.4 Å². The number of hydrogen-bond acceptors (Lipinski definition) is 4. The lowest BCUT2D eigenvalue weighted by molar-refractivity contribution is 0.407. The largest absolute Gasteiger partial charge is 0.259 e. The second kappa shape index (κ2) is 4.71. The first-order valence-electron chi connectivity index (χ1n) is 5.17. The fraction of sp³-hybridized carbons (Fsp3) is 0.700. The van der Waals surface area contributed by atoms with Gasteiger partial charge in [-0.15, -0.1) is 11.3 Å². The molecule has 1 aromatic heterocycles. The zero-order valence-corrected chi connectivity index (χ0v) is 11.7. The summed E-state index contributed by atoms with van der Waals surface area (Å²) in [4.78, 5) is 4.26. The zero-order chi connectivity index (χ0) is 12.4. The summed E-state index contributed by atoms with van der Waals surface area (Å²) < 4.78 is 25.1. The summed E-state index contributed by atoms with van der Waals surface area (Å²) in [6.45, 7) is 7.98. The van der Waals surface area contributed by atoms with Crippen molar-refractivity contribution in [3.05, 3.63) is 11.1 Å². The molecular formula is C10H18N2O2S2. The average Bonchev–Trinajstić information content (AvgIpc) is 2.48. The third kappa shape index (κ3) is 4.49. The van der Waals surface area contributed by atoms with Crippen molar-refractivity contribution in [3.63, 3.8) is 0 Å². The summed E-state index contributed by atoms with van der Waals surface area (Å²) in [6.07, 6.45) is 0.845. The minimum atomic E-state index is -3.20. The van der Waals surface area contributed by atoms with Gasteiger partial charge < -0.3 is 0 Å². The molecule has 0 saturated carbocycles. The van der Waals surface area contributed by atoms with Crippen molar-refractivity contribution in [2.24, 2.45) is 5.41 Å². The van der Waals surface area contributed by atoms with E-state index in [9.17, 15) is 8.42 Å². The Morgan fingerprint density at radius 2 is 2.06 bits per heavy atom. The molecule has 0 bridgehead atoms. The van der Waals surface area contributed by atoms with Crippen LogP contribution in [0.1, 0.15) is 33.4 Å². The maximum Gasteiger partial charge on any atom is 0.234 e. The van der Waals surface area contributed by atoms with Crippen LogP contribution in [0, 0.1) is 5.41 Å². The lowest BCUT2D eigenvalue weighted by atomic mass is 9.91. The molecule has 0 unspecified atom stereocenters. The van der Waals surface area contributed by atoms with Crippen molar-refractivity contribution in [2.75, 3.05) is 10.5 Å². The van der Waals surface area contributed by atoms with E-state index >= 15 is 0 Å². The first-order valence-corrected chi connectivity index (χ1v) is 7.70. The molecule has 0 atom stereocenters. The van der Waals surface area contributed by atoms with Gasteiger partial charge in [0.1, 0.15) is 0 Å². The quantitative estimate of drug-likeness (QED) is 0.907. The van der Waals surface area contributed by atoms with Crippen molar-refractivity contribution in [1.82, 2.24) is 4.98 Å². The van der Waals surface area contributed by atoms with Crippen LogP contribution in [0.2, 0.25) is 0 Å². The second-order valence-electron chi connectivity index (χ2n) is 4.89. The second-order valence-corrected chi connectivity index (χ2v) is 7.76. The van der Waals surface area contributed by atoms with Crippen LogP contribution in [0.4, 0.5) is 5.13 Å². The molecule has 1 rings (SSSR count). The standard InChI is InChI=1S/C10H18N2O2S2/c1-5-16(13,14)12-9-11-8(7-15-9)6-10(2,3)4/h7H,5-6H2,1-4H3,(H,11,12). The van der Waals surface area contributed by atoms with Gasteiger partial charge in [-0.05, 0) is 18.8 Å². The van der Waals surface area contributed by atoms with Crippen molar-refractivity contribution in [2.45, 2.75) is 34.1 Å². The molecule has 0 fully saturated rings. The van der Waals surface area contributed by atoms with Crippen LogP contribution >= 0.6 is 11.3 Å². The summed E-state index contributed by atoms with van der Waals surface area (Å²) in [7, 11) is -3.20. The van der Waals surface area contributed by atoms with E-state index in [2.05, 4.69) is 30.5 Å². The predicted octanol–water partition coefficient (Wildman–Crippen LogP) is 2.49. The van der Waals surface area contributed by atoms with Crippen molar-refractivity contribution in [1.29, 1.82) is 0 Å². The molecule has 1 N–H and O–H groups in total. The van der Waals surface area contributed by atoms with E-state index < -0.39 is 10.0 Å². The van der Waals surface area contributed by atoms with Crippen molar-refractivity contribution >= 4 is 26.5 Å². The van der Waals surface area contributed by atoms with Crippen LogP contribution in [-0.2, 0) is 16.4 Å². The van der Waals surface area contributed by atoms with Gasteiger partial charge in [-0.3, -0.25) is 4.72 Å². The lowest BCUT2D eigenvalue weighted by Crippen LogP contribution is -2.14. The molecule has 92 valence electrons. The normalized spacial score (nSPS) is 12.8. The third-order valence-electron chi connectivity index (χ3n) is 1.89. The van der Waals surface area contributed by atoms with Crippen molar-refractivity contribution < 1.29 is 8.42 Å². The number of aromatic nitrogens is 1. The Hall–Kier alpha value is -0.620. The van der Waals surface area contributed by atoms with Gasteiger partial charge in [-0.1, -0.05) is 20.8 Å². The average molecular weight is 262 g/mol. The Labute approximate surface area is 101 Å². The summed E-state index contributed by atoms with van der Waals surface area (Å²) in [5, 5.41) is 2.36. The number of nitrogens with zero attached hydrogens (tertiary/aromatic N) is 1. The highest BCUT2D eigenvalue weighted by atomic mass is 32.2. The monoisotopic (exact) mass is 262 g/mol. The lowest BCUT2D eigenvalue weighted by Gasteiger charge is -2.15. The Balaban J connectivity index is 2.73. The van der Waals surface area contributed by atoms with E-state index in [1.54, 1.807) is 6.92 Å². The highest BCUT2D eigenvalue weighted by molar-refractivity contribution is 7.92. The number of sulfonamides is 1. The van der Waals surface area contributed by atoms with E-state index in [1.807, 2.05) is 5.38 Å². The topological polar surface area (TPSA) is 59.1 Å². The number of anilines is 1.